The van der Waals surface area contributed by atoms with E-state index >= 15 is 0 Å². The van der Waals surface area contributed by atoms with Crippen LogP contribution in [0.2, 0.25) is 0 Å². The lowest BCUT2D eigenvalue weighted by molar-refractivity contribution is -0.275. The van der Waals surface area contributed by atoms with E-state index in [1.54, 1.807) is 24.3 Å². The Morgan fingerprint density at radius 3 is 0.983 bits per heavy atom. The predicted octanol–water partition coefficient (Wildman–Crippen LogP) is 17.4. The van der Waals surface area contributed by atoms with Gasteiger partial charge in [0, 0.05) is 0 Å². The molecule has 0 radical (unpaired) electrons. The van der Waals surface area contributed by atoms with Gasteiger partial charge in [0.2, 0.25) is 0 Å². The Kier molecular flexibility index (Phi) is 18.1. The highest BCUT2D eigenvalue weighted by atomic mass is 19.4. The lowest BCUT2D eigenvalue weighted by Crippen LogP contribution is -2.16. The van der Waals surface area contributed by atoms with Crippen LogP contribution in [-0.4, -0.2) is 12.7 Å². The summed E-state index contributed by atoms with van der Waals surface area (Å²) in [7, 11) is 0. The number of benzene rings is 4. The van der Waals surface area contributed by atoms with Crippen molar-refractivity contribution in [1.82, 2.24) is 0 Å². The Hall–Kier alpha value is -3.94. The number of hydrogen-bond acceptors (Lipinski definition) is 2. The van der Waals surface area contributed by atoms with E-state index in [-0.39, 0.29) is 11.5 Å². The monoisotopic (exact) mass is 822 g/mol. The van der Waals surface area contributed by atoms with E-state index in [2.05, 4.69) is 71.9 Å². The lowest BCUT2D eigenvalue weighted by atomic mass is 9.77. The molecule has 2 fully saturated rings. The lowest BCUT2D eigenvalue weighted by Gasteiger charge is -2.29. The topological polar surface area (TPSA) is 18.5 Å². The van der Waals surface area contributed by atoms with Crippen molar-refractivity contribution in [3.8, 4) is 33.8 Å². The normalized spacial score (nSPS) is 19.7. The minimum atomic E-state index is -4.66. The van der Waals surface area contributed by atoms with Crippen LogP contribution in [0.4, 0.5) is 26.3 Å². The third-order valence-electron chi connectivity index (χ3n) is 12.5. The molecule has 8 heteroatoms. The molecule has 0 N–H and O–H groups in total. The molecule has 0 unspecified atom stereocenters. The Balaban J connectivity index is 0.000000224. The zero-order chi connectivity index (χ0) is 42.1. The molecule has 4 aromatic carbocycles. The van der Waals surface area contributed by atoms with Crippen molar-refractivity contribution >= 4 is 0 Å². The van der Waals surface area contributed by atoms with E-state index in [0.29, 0.717) is 11.8 Å². The van der Waals surface area contributed by atoms with E-state index in [4.69, 9.17) is 0 Å². The van der Waals surface area contributed by atoms with Gasteiger partial charge in [-0.3, -0.25) is 0 Å². The quantitative estimate of drug-likeness (QED) is 0.0780. The molecule has 322 valence electrons. The number of unbranched alkanes of at least 4 members (excludes halogenated alkanes) is 7. The van der Waals surface area contributed by atoms with E-state index < -0.39 is 12.7 Å². The Labute approximate surface area is 349 Å². The number of alkyl halides is 6. The first-order valence-corrected chi connectivity index (χ1v) is 22.3. The molecule has 2 saturated carbocycles. The Morgan fingerprint density at radius 1 is 0.390 bits per heavy atom. The first-order chi connectivity index (χ1) is 28.4. The maximum Gasteiger partial charge on any atom is 0.573 e. The van der Waals surface area contributed by atoms with Crippen LogP contribution in [0, 0.1) is 11.8 Å². The van der Waals surface area contributed by atoms with Crippen molar-refractivity contribution < 1.29 is 35.8 Å². The number of hydrogen-bond donors (Lipinski definition) is 0. The van der Waals surface area contributed by atoms with Gasteiger partial charge >= 0.3 is 12.7 Å². The minimum absolute atomic E-state index is 0.190. The summed E-state index contributed by atoms with van der Waals surface area (Å²) in [5.41, 5.74) is 6.58. The fraction of sp³-hybridized carbons (Fsp3) is 0.529. The fourth-order valence-corrected chi connectivity index (χ4v) is 9.06. The van der Waals surface area contributed by atoms with Crippen molar-refractivity contribution in [3.05, 3.63) is 108 Å². The third kappa shape index (κ3) is 16.2. The van der Waals surface area contributed by atoms with E-state index in [9.17, 15) is 26.3 Å². The summed E-state index contributed by atoms with van der Waals surface area (Å²) in [6.45, 7) is 4.52. The molecule has 2 aliphatic carbocycles. The molecular weight excluding hydrogens is 759 g/mol. The van der Waals surface area contributed by atoms with Crippen molar-refractivity contribution in [1.29, 1.82) is 0 Å². The van der Waals surface area contributed by atoms with E-state index in [1.165, 1.54) is 157 Å². The van der Waals surface area contributed by atoms with Crippen LogP contribution >= 0.6 is 0 Å². The average Bonchev–Trinajstić information content (AvgIpc) is 3.23. The molecule has 2 aliphatic rings. The second kappa shape index (κ2) is 23.2. The van der Waals surface area contributed by atoms with Crippen molar-refractivity contribution in [2.24, 2.45) is 11.8 Å². The Bertz CT molecular complexity index is 1730. The van der Waals surface area contributed by atoms with Gasteiger partial charge in [0.15, 0.2) is 0 Å². The van der Waals surface area contributed by atoms with E-state index in [0.717, 1.165) is 34.1 Å². The zero-order valence-corrected chi connectivity index (χ0v) is 35.1. The molecule has 0 heterocycles. The molecular formula is C51H64F6O2. The summed E-state index contributed by atoms with van der Waals surface area (Å²) in [4.78, 5) is 0. The second-order valence-corrected chi connectivity index (χ2v) is 16.9. The SMILES string of the molecule is CCCCCCC1CCC(c2ccc(-c3ccc(OC(F)(F)F)cc3)cc2)CC1.CCCCCCCC1CCC(c2ccc(-c3ccc(OC(F)(F)F)cc3)cc2)CC1. The van der Waals surface area contributed by atoms with Gasteiger partial charge in [-0.05, 0) is 133 Å². The fourth-order valence-electron chi connectivity index (χ4n) is 9.06. The summed E-state index contributed by atoms with van der Waals surface area (Å²) < 4.78 is 81.6. The number of rotatable bonds is 17. The van der Waals surface area contributed by atoms with Gasteiger partial charge in [-0.2, -0.15) is 0 Å². The molecule has 0 aliphatic heterocycles. The number of ether oxygens (including phenoxy) is 2. The van der Waals surface area contributed by atoms with Crippen LogP contribution in [0.5, 0.6) is 11.5 Å². The van der Waals surface area contributed by atoms with Crippen molar-refractivity contribution in [2.45, 2.75) is 160 Å². The second-order valence-electron chi connectivity index (χ2n) is 16.9. The molecule has 0 atom stereocenters. The molecule has 4 aromatic rings. The maximum atomic E-state index is 12.3. The van der Waals surface area contributed by atoms with Gasteiger partial charge < -0.3 is 9.47 Å². The zero-order valence-electron chi connectivity index (χ0n) is 35.1. The molecule has 2 nitrogen and oxygen atoms in total. The predicted molar refractivity (Wildman–Crippen MR) is 229 cm³/mol. The summed E-state index contributed by atoms with van der Waals surface area (Å²) in [5, 5.41) is 0. The van der Waals surface area contributed by atoms with Crippen LogP contribution in [0.25, 0.3) is 22.3 Å². The van der Waals surface area contributed by atoms with Gasteiger partial charge in [-0.1, -0.05) is 157 Å². The highest BCUT2D eigenvalue weighted by Crippen LogP contribution is 2.40. The summed E-state index contributed by atoms with van der Waals surface area (Å²) in [6, 6.07) is 29.2. The highest BCUT2D eigenvalue weighted by molar-refractivity contribution is 5.65. The van der Waals surface area contributed by atoms with Crippen molar-refractivity contribution in [2.75, 3.05) is 0 Å². The smallest absolute Gasteiger partial charge is 0.406 e. The molecule has 0 bridgehead atoms. The van der Waals surface area contributed by atoms with Gasteiger partial charge in [0.25, 0.3) is 0 Å². The van der Waals surface area contributed by atoms with Crippen molar-refractivity contribution in [3.63, 3.8) is 0 Å². The van der Waals surface area contributed by atoms with Crippen LogP contribution in [0.3, 0.4) is 0 Å². The largest absolute Gasteiger partial charge is 0.573 e. The molecule has 0 saturated heterocycles. The number of halogens is 6. The van der Waals surface area contributed by atoms with Gasteiger partial charge in [0.1, 0.15) is 11.5 Å². The van der Waals surface area contributed by atoms with Gasteiger partial charge in [0.05, 0.1) is 0 Å². The van der Waals surface area contributed by atoms with Gasteiger partial charge in [-0.25, -0.2) is 0 Å². The first kappa shape index (κ1) is 46.1. The van der Waals surface area contributed by atoms with E-state index in [1.807, 2.05) is 0 Å². The molecule has 6 rings (SSSR count). The maximum absolute atomic E-state index is 12.3. The summed E-state index contributed by atoms with van der Waals surface area (Å²) in [5.74, 6) is 2.70. The first-order valence-electron chi connectivity index (χ1n) is 22.3. The summed E-state index contributed by atoms with van der Waals surface area (Å²) in [6.07, 6.45) is 16.1. The Morgan fingerprint density at radius 2 is 0.678 bits per heavy atom. The molecule has 0 amide bonds. The summed E-state index contributed by atoms with van der Waals surface area (Å²) >= 11 is 0. The minimum Gasteiger partial charge on any atom is -0.406 e. The van der Waals surface area contributed by atoms with Crippen LogP contribution < -0.4 is 9.47 Å². The van der Waals surface area contributed by atoms with Crippen LogP contribution in [-0.2, 0) is 0 Å². The van der Waals surface area contributed by atoms with Crippen LogP contribution in [0.15, 0.2) is 97.1 Å². The van der Waals surface area contributed by atoms with Crippen LogP contribution in [0.1, 0.15) is 159 Å². The molecule has 59 heavy (non-hydrogen) atoms. The highest BCUT2D eigenvalue weighted by Gasteiger charge is 2.32. The molecule has 0 aromatic heterocycles. The third-order valence-corrected chi connectivity index (χ3v) is 12.5. The molecule has 0 spiro atoms. The standard InChI is InChI=1S/C26H33F3O.C25H31F3O/c1-2-3-4-5-6-7-20-8-10-21(11-9-20)22-12-14-23(15-13-22)24-16-18-25(19-17-24)30-26(27,28)29;1-2-3-4-5-6-19-7-9-20(10-8-19)21-11-13-22(14-12-21)23-15-17-24(18-16-23)29-25(26,27)28/h12-21H,2-11H2,1H3;11-20H,2-10H2,1H3. The average molecular weight is 823 g/mol. The van der Waals surface area contributed by atoms with Gasteiger partial charge in [-0.15, -0.1) is 26.3 Å².